The summed E-state index contributed by atoms with van der Waals surface area (Å²) in [6.07, 6.45) is 0. The third-order valence-corrected chi connectivity index (χ3v) is 9.07. The Hall–Kier alpha value is -3.05. The number of anilines is 2. The van der Waals surface area contributed by atoms with Gasteiger partial charge in [0.15, 0.2) is 0 Å². The fourth-order valence-corrected chi connectivity index (χ4v) is 6.19. The van der Waals surface area contributed by atoms with Crippen LogP contribution in [-0.4, -0.2) is 60.9 Å². The molecule has 1 aromatic heterocycles. The second kappa shape index (κ2) is 10.7. The molecule has 3 aromatic carbocycles. The highest BCUT2D eigenvalue weighted by molar-refractivity contribution is 9.10. The summed E-state index contributed by atoms with van der Waals surface area (Å²) in [4.78, 5) is 12.3. The second-order valence-corrected chi connectivity index (χ2v) is 11.7. The molecule has 4 aromatic rings. The Morgan fingerprint density at radius 2 is 1.59 bits per heavy atom. The average molecular weight is 583 g/mol. The van der Waals surface area contributed by atoms with Gasteiger partial charge in [-0.2, -0.15) is 4.31 Å². The summed E-state index contributed by atoms with van der Waals surface area (Å²) in [5.74, 6) is 2.11. The van der Waals surface area contributed by atoms with Gasteiger partial charge in [0, 0.05) is 36.0 Å². The van der Waals surface area contributed by atoms with E-state index in [1.165, 1.54) is 0 Å². The Labute approximate surface area is 225 Å². The number of benzene rings is 3. The number of rotatable bonds is 7. The molecule has 0 radical (unpaired) electrons. The summed E-state index contributed by atoms with van der Waals surface area (Å²) in [5, 5.41) is 4.34. The summed E-state index contributed by atoms with van der Waals surface area (Å²) >= 11 is 3.36. The van der Waals surface area contributed by atoms with E-state index in [1.807, 2.05) is 48.5 Å². The number of methoxy groups -OCH3 is 1. The standard InChI is InChI=1S/C27H28BrN5O3S/c1-19(32-15-17-33(18-16-32)37(34,35)21-13-11-20(28)12-14-21)26-29-23-8-4-3-7-22(23)27(31-26)30-24-9-5-6-10-25(24)36-2/h3-14,19H,15-18H2,1-2H3,(H,29,30,31)/t19-/m1/s1. The van der Waals surface area contributed by atoms with Crippen LogP contribution in [0.25, 0.3) is 10.9 Å². The molecule has 1 atom stereocenters. The Balaban J connectivity index is 1.37. The summed E-state index contributed by atoms with van der Waals surface area (Å²) in [7, 11) is -1.90. The third kappa shape index (κ3) is 5.33. The number of fused-ring (bicyclic) bond motifs is 1. The number of nitrogens with zero attached hydrogens (tertiary/aromatic N) is 4. The largest absolute Gasteiger partial charge is 0.495 e. The highest BCUT2D eigenvalue weighted by Crippen LogP contribution is 2.31. The highest BCUT2D eigenvalue weighted by atomic mass is 79.9. The molecule has 1 saturated heterocycles. The predicted octanol–water partition coefficient (Wildman–Crippen LogP) is 5.21. The Kier molecular flexibility index (Phi) is 7.43. The lowest BCUT2D eigenvalue weighted by atomic mass is 10.2. The molecule has 8 nitrogen and oxygen atoms in total. The van der Waals surface area contributed by atoms with Crippen molar-refractivity contribution in [3.05, 3.63) is 83.1 Å². The van der Waals surface area contributed by atoms with Crippen LogP contribution in [0.15, 0.2) is 82.2 Å². The van der Waals surface area contributed by atoms with Crippen molar-refractivity contribution in [3.63, 3.8) is 0 Å². The third-order valence-electron chi connectivity index (χ3n) is 6.63. The smallest absolute Gasteiger partial charge is 0.243 e. The first-order valence-electron chi connectivity index (χ1n) is 12.0. The quantitative estimate of drug-likeness (QED) is 0.320. The fraction of sp³-hybridized carbons (Fsp3) is 0.259. The van der Waals surface area contributed by atoms with E-state index in [2.05, 4.69) is 33.1 Å². The molecule has 1 aliphatic heterocycles. The van der Waals surface area contributed by atoms with Gasteiger partial charge in [0.05, 0.1) is 29.3 Å². The first kappa shape index (κ1) is 25.6. The molecule has 1 aliphatic rings. The van der Waals surface area contributed by atoms with Crippen LogP contribution in [0.4, 0.5) is 11.5 Å². The molecule has 5 rings (SSSR count). The van der Waals surface area contributed by atoms with Crippen LogP contribution in [0.1, 0.15) is 18.8 Å². The van der Waals surface area contributed by atoms with Crippen LogP contribution in [0, 0.1) is 0 Å². The lowest BCUT2D eigenvalue weighted by molar-refractivity contribution is 0.141. The first-order chi connectivity index (χ1) is 17.9. The van der Waals surface area contributed by atoms with Crippen molar-refractivity contribution in [2.75, 3.05) is 38.6 Å². The van der Waals surface area contributed by atoms with Crippen molar-refractivity contribution in [1.82, 2.24) is 19.2 Å². The second-order valence-electron chi connectivity index (χ2n) is 8.84. The van der Waals surface area contributed by atoms with E-state index in [0.717, 1.165) is 26.8 Å². The van der Waals surface area contributed by atoms with Crippen LogP contribution >= 0.6 is 15.9 Å². The summed E-state index contributed by atoms with van der Waals surface area (Å²) in [5.41, 5.74) is 1.66. The van der Waals surface area contributed by atoms with Gasteiger partial charge in [-0.25, -0.2) is 18.4 Å². The lowest BCUT2D eigenvalue weighted by Crippen LogP contribution is -2.49. The van der Waals surface area contributed by atoms with Gasteiger partial charge in [-0.05, 0) is 55.5 Å². The highest BCUT2D eigenvalue weighted by Gasteiger charge is 2.31. The van der Waals surface area contributed by atoms with E-state index in [0.29, 0.717) is 42.7 Å². The van der Waals surface area contributed by atoms with Gasteiger partial charge < -0.3 is 10.1 Å². The summed E-state index contributed by atoms with van der Waals surface area (Å²) in [6, 6.07) is 22.3. The van der Waals surface area contributed by atoms with Crippen molar-refractivity contribution in [3.8, 4) is 5.75 Å². The number of piperazine rings is 1. The first-order valence-corrected chi connectivity index (χ1v) is 14.3. The van der Waals surface area contributed by atoms with E-state index in [1.54, 1.807) is 35.7 Å². The van der Waals surface area contributed by atoms with E-state index >= 15 is 0 Å². The maximum atomic E-state index is 13.1. The maximum absolute atomic E-state index is 13.1. The number of ether oxygens (including phenoxy) is 1. The minimum Gasteiger partial charge on any atom is -0.495 e. The average Bonchev–Trinajstić information content (AvgIpc) is 2.93. The molecule has 192 valence electrons. The summed E-state index contributed by atoms with van der Waals surface area (Å²) < 4.78 is 34.1. The molecule has 1 fully saturated rings. The molecule has 0 aliphatic carbocycles. The zero-order chi connectivity index (χ0) is 26.0. The molecule has 0 bridgehead atoms. The predicted molar refractivity (Wildman–Crippen MR) is 149 cm³/mol. The van der Waals surface area contributed by atoms with Gasteiger partial charge in [0.2, 0.25) is 10.0 Å². The number of nitrogens with one attached hydrogen (secondary N) is 1. The zero-order valence-corrected chi connectivity index (χ0v) is 23.0. The normalized spacial score (nSPS) is 16.0. The Bertz CT molecular complexity index is 1510. The van der Waals surface area contributed by atoms with Gasteiger partial charge in [-0.15, -0.1) is 0 Å². The van der Waals surface area contributed by atoms with Crippen LogP contribution in [0.5, 0.6) is 5.75 Å². The van der Waals surface area contributed by atoms with Crippen molar-refractivity contribution in [1.29, 1.82) is 0 Å². The lowest BCUT2D eigenvalue weighted by Gasteiger charge is -2.36. The fourth-order valence-electron chi connectivity index (χ4n) is 4.50. The van der Waals surface area contributed by atoms with Gasteiger partial charge in [-0.1, -0.05) is 40.2 Å². The number of hydrogen-bond acceptors (Lipinski definition) is 7. The Morgan fingerprint density at radius 1 is 0.919 bits per heavy atom. The minimum atomic E-state index is -3.54. The van der Waals surface area contributed by atoms with Crippen molar-refractivity contribution in [2.24, 2.45) is 0 Å². The van der Waals surface area contributed by atoms with Crippen LogP contribution in [-0.2, 0) is 10.0 Å². The minimum absolute atomic E-state index is 0.0969. The number of halogens is 1. The van der Waals surface area contributed by atoms with Gasteiger partial charge in [0.25, 0.3) is 0 Å². The SMILES string of the molecule is COc1ccccc1Nc1nc([C@@H](C)N2CCN(S(=O)(=O)c3ccc(Br)cc3)CC2)nc2ccccc12. The van der Waals surface area contributed by atoms with Gasteiger partial charge in [0.1, 0.15) is 17.4 Å². The molecule has 2 heterocycles. The van der Waals surface area contributed by atoms with E-state index in [-0.39, 0.29) is 6.04 Å². The molecule has 1 N–H and O–H groups in total. The van der Waals surface area contributed by atoms with Crippen LogP contribution in [0.2, 0.25) is 0 Å². The molecule has 10 heteroatoms. The molecule has 0 spiro atoms. The molecular weight excluding hydrogens is 554 g/mol. The number of aromatic nitrogens is 2. The summed E-state index contributed by atoms with van der Waals surface area (Å²) in [6.45, 7) is 4.05. The van der Waals surface area contributed by atoms with Crippen molar-refractivity contribution >= 4 is 48.4 Å². The van der Waals surface area contributed by atoms with Gasteiger partial charge >= 0.3 is 0 Å². The molecule has 37 heavy (non-hydrogen) atoms. The topological polar surface area (TPSA) is 87.7 Å². The van der Waals surface area contributed by atoms with Crippen molar-refractivity contribution in [2.45, 2.75) is 17.9 Å². The van der Waals surface area contributed by atoms with Crippen LogP contribution < -0.4 is 10.1 Å². The molecule has 0 saturated carbocycles. The maximum Gasteiger partial charge on any atom is 0.243 e. The number of para-hydroxylation sites is 3. The van der Waals surface area contributed by atoms with E-state index in [9.17, 15) is 8.42 Å². The number of hydrogen-bond donors (Lipinski definition) is 1. The van der Waals surface area contributed by atoms with E-state index < -0.39 is 10.0 Å². The molecule has 0 amide bonds. The van der Waals surface area contributed by atoms with Crippen molar-refractivity contribution < 1.29 is 13.2 Å². The zero-order valence-electron chi connectivity index (χ0n) is 20.6. The molecular formula is C27H28BrN5O3S. The van der Waals surface area contributed by atoms with Gasteiger partial charge in [-0.3, -0.25) is 4.90 Å². The van der Waals surface area contributed by atoms with E-state index in [4.69, 9.17) is 14.7 Å². The monoisotopic (exact) mass is 581 g/mol. The number of sulfonamides is 1. The van der Waals surface area contributed by atoms with Crippen LogP contribution in [0.3, 0.4) is 0 Å². The molecule has 0 unspecified atom stereocenters. The Morgan fingerprint density at radius 3 is 2.32 bits per heavy atom.